The number of thioether (sulfide) groups is 1. The van der Waals surface area contributed by atoms with Crippen LogP contribution in [-0.2, 0) is 0 Å². The van der Waals surface area contributed by atoms with Crippen LogP contribution >= 0.6 is 27.7 Å². The van der Waals surface area contributed by atoms with Crippen LogP contribution in [0.4, 0.5) is 5.69 Å². The van der Waals surface area contributed by atoms with E-state index in [0.717, 1.165) is 26.8 Å². The lowest BCUT2D eigenvalue weighted by molar-refractivity contribution is 0.415. The molecule has 0 saturated heterocycles. The molecule has 3 nitrogen and oxygen atoms in total. The van der Waals surface area contributed by atoms with Crippen LogP contribution in [-0.4, -0.2) is 24.1 Å². The van der Waals surface area contributed by atoms with Crippen molar-refractivity contribution in [3.05, 3.63) is 22.7 Å². The van der Waals surface area contributed by atoms with Gasteiger partial charge in [0.05, 0.1) is 18.8 Å². The van der Waals surface area contributed by atoms with Crippen molar-refractivity contribution >= 4 is 38.5 Å². The van der Waals surface area contributed by atoms with Crippen LogP contribution in [0.25, 0.3) is 0 Å². The zero-order chi connectivity index (χ0) is 11.5. The molecule has 16 heavy (non-hydrogen) atoms. The van der Waals surface area contributed by atoms with Gasteiger partial charge < -0.3 is 10.1 Å². The fourth-order valence-electron chi connectivity index (χ4n) is 1.38. The summed E-state index contributed by atoms with van der Waals surface area (Å²) in [5.41, 5.74) is 0.986. The van der Waals surface area contributed by atoms with Crippen molar-refractivity contribution in [3.63, 3.8) is 0 Å². The SMILES string of the molecule is COc1ccc(Br)c(NC2=NC(C)CS2)c1. The lowest BCUT2D eigenvalue weighted by Crippen LogP contribution is -2.05. The van der Waals surface area contributed by atoms with Gasteiger partial charge in [-0.05, 0) is 35.0 Å². The van der Waals surface area contributed by atoms with Gasteiger partial charge in [0, 0.05) is 16.3 Å². The van der Waals surface area contributed by atoms with E-state index in [-0.39, 0.29) is 0 Å². The Morgan fingerprint density at radius 3 is 3.00 bits per heavy atom. The Bertz CT molecular complexity index is 422. The highest BCUT2D eigenvalue weighted by molar-refractivity contribution is 9.10. The third-order valence-corrected chi connectivity index (χ3v) is 4.04. The molecule has 0 spiro atoms. The van der Waals surface area contributed by atoms with Crippen LogP contribution in [0.15, 0.2) is 27.7 Å². The van der Waals surface area contributed by atoms with E-state index in [2.05, 4.69) is 33.2 Å². The summed E-state index contributed by atoms with van der Waals surface area (Å²) in [7, 11) is 1.66. The van der Waals surface area contributed by atoms with Crippen LogP contribution < -0.4 is 10.1 Å². The van der Waals surface area contributed by atoms with Gasteiger partial charge in [0.15, 0.2) is 5.17 Å². The molecular formula is C11H13BrN2OS. The number of methoxy groups -OCH3 is 1. The van der Waals surface area contributed by atoms with Gasteiger partial charge in [-0.2, -0.15) is 0 Å². The first-order valence-electron chi connectivity index (χ1n) is 5.00. The highest BCUT2D eigenvalue weighted by Gasteiger charge is 2.14. The van der Waals surface area contributed by atoms with Crippen LogP contribution in [0.2, 0.25) is 0 Å². The van der Waals surface area contributed by atoms with Crippen LogP contribution in [0.3, 0.4) is 0 Å². The third kappa shape index (κ3) is 2.71. The van der Waals surface area contributed by atoms with Gasteiger partial charge in [0.1, 0.15) is 5.75 Å². The van der Waals surface area contributed by atoms with Gasteiger partial charge in [0.25, 0.3) is 0 Å². The van der Waals surface area contributed by atoms with Gasteiger partial charge in [-0.25, -0.2) is 0 Å². The summed E-state index contributed by atoms with van der Waals surface area (Å²) in [6, 6.07) is 6.24. The van der Waals surface area contributed by atoms with Crippen LogP contribution in [0.1, 0.15) is 6.92 Å². The van der Waals surface area contributed by atoms with E-state index in [1.165, 1.54) is 0 Å². The summed E-state index contributed by atoms with van der Waals surface area (Å²) in [4.78, 5) is 4.49. The van der Waals surface area contributed by atoms with Crippen molar-refractivity contribution in [3.8, 4) is 5.75 Å². The van der Waals surface area contributed by atoms with Crippen molar-refractivity contribution in [1.29, 1.82) is 0 Å². The summed E-state index contributed by atoms with van der Waals surface area (Å²) in [6.45, 7) is 2.11. The molecule has 1 aromatic carbocycles. The molecule has 2 rings (SSSR count). The minimum Gasteiger partial charge on any atom is -0.497 e. The lowest BCUT2D eigenvalue weighted by Gasteiger charge is -2.09. The minimum atomic E-state index is 0.400. The van der Waals surface area contributed by atoms with E-state index in [4.69, 9.17) is 4.74 Å². The summed E-state index contributed by atoms with van der Waals surface area (Å²) < 4.78 is 6.20. The monoisotopic (exact) mass is 300 g/mol. The maximum Gasteiger partial charge on any atom is 0.161 e. The Labute approximate surface area is 108 Å². The highest BCUT2D eigenvalue weighted by atomic mass is 79.9. The molecule has 5 heteroatoms. The predicted octanol–water partition coefficient (Wildman–Crippen LogP) is 3.36. The smallest absolute Gasteiger partial charge is 0.161 e. The first-order valence-corrected chi connectivity index (χ1v) is 6.78. The van der Waals surface area contributed by atoms with Crippen LogP contribution in [0, 0.1) is 0 Å². The van der Waals surface area contributed by atoms with Crippen molar-refractivity contribution < 1.29 is 4.74 Å². The average molecular weight is 301 g/mol. The average Bonchev–Trinajstić information content (AvgIpc) is 2.67. The van der Waals surface area contributed by atoms with E-state index in [9.17, 15) is 0 Å². The number of amidine groups is 1. The normalized spacial score (nSPS) is 19.4. The molecule has 0 fully saturated rings. The maximum absolute atomic E-state index is 5.19. The summed E-state index contributed by atoms with van der Waals surface area (Å²) >= 11 is 5.24. The van der Waals surface area contributed by atoms with E-state index >= 15 is 0 Å². The highest BCUT2D eigenvalue weighted by Crippen LogP contribution is 2.29. The maximum atomic E-state index is 5.19. The van der Waals surface area contributed by atoms with Gasteiger partial charge in [-0.1, -0.05) is 11.8 Å². The Hall–Kier alpha value is -0.680. The number of benzene rings is 1. The Kier molecular flexibility index (Phi) is 3.76. The van der Waals surface area contributed by atoms with Gasteiger partial charge in [-0.15, -0.1) is 0 Å². The fraction of sp³-hybridized carbons (Fsp3) is 0.364. The van der Waals surface area contributed by atoms with Crippen molar-refractivity contribution in [2.45, 2.75) is 13.0 Å². The molecule has 1 heterocycles. The number of ether oxygens (including phenoxy) is 1. The molecule has 1 atom stereocenters. The van der Waals surface area contributed by atoms with E-state index in [1.807, 2.05) is 18.2 Å². The van der Waals surface area contributed by atoms with E-state index < -0.39 is 0 Å². The Morgan fingerprint density at radius 2 is 2.38 bits per heavy atom. The van der Waals surface area contributed by atoms with Gasteiger partial charge in [-0.3, -0.25) is 4.99 Å². The molecule has 0 bridgehead atoms. The predicted molar refractivity (Wildman–Crippen MR) is 73.7 cm³/mol. The molecule has 0 radical (unpaired) electrons. The van der Waals surface area contributed by atoms with E-state index in [0.29, 0.717) is 6.04 Å². The minimum absolute atomic E-state index is 0.400. The van der Waals surface area contributed by atoms with E-state index in [1.54, 1.807) is 18.9 Å². The number of nitrogens with one attached hydrogen (secondary N) is 1. The molecule has 1 aliphatic rings. The molecule has 1 N–H and O–H groups in total. The topological polar surface area (TPSA) is 33.6 Å². The number of hydrogen-bond donors (Lipinski definition) is 1. The number of aliphatic imine (C=N–C) groups is 1. The number of nitrogens with zero attached hydrogens (tertiary/aromatic N) is 1. The Morgan fingerprint density at radius 1 is 1.56 bits per heavy atom. The molecule has 1 aromatic rings. The Balaban J connectivity index is 2.17. The van der Waals surface area contributed by atoms with Crippen molar-refractivity contribution in [2.24, 2.45) is 4.99 Å². The summed E-state index contributed by atoms with van der Waals surface area (Å²) in [6.07, 6.45) is 0. The summed E-state index contributed by atoms with van der Waals surface area (Å²) in [5.74, 6) is 1.88. The standard InChI is InChI=1S/C11H13BrN2OS/c1-7-6-16-11(13-7)14-10-5-8(15-2)3-4-9(10)12/h3-5,7H,6H2,1-2H3,(H,13,14). The number of anilines is 1. The van der Waals surface area contributed by atoms with Crippen LogP contribution in [0.5, 0.6) is 5.75 Å². The van der Waals surface area contributed by atoms with Crippen molar-refractivity contribution in [1.82, 2.24) is 0 Å². The van der Waals surface area contributed by atoms with Gasteiger partial charge in [0.2, 0.25) is 0 Å². The second-order valence-electron chi connectivity index (χ2n) is 3.57. The third-order valence-electron chi connectivity index (χ3n) is 2.21. The lowest BCUT2D eigenvalue weighted by atomic mass is 10.3. The molecule has 0 amide bonds. The fourth-order valence-corrected chi connectivity index (χ4v) is 2.64. The molecule has 0 aliphatic carbocycles. The van der Waals surface area contributed by atoms with Gasteiger partial charge >= 0.3 is 0 Å². The molecule has 1 aliphatic heterocycles. The number of hydrogen-bond acceptors (Lipinski definition) is 4. The number of halogens is 1. The first-order chi connectivity index (χ1) is 7.69. The zero-order valence-corrected chi connectivity index (χ0v) is 11.6. The second kappa shape index (κ2) is 5.10. The molecule has 86 valence electrons. The second-order valence-corrected chi connectivity index (χ2v) is 5.43. The first kappa shape index (κ1) is 11.8. The van der Waals surface area contributed by atoms with Crippen molar-refractivity contribution in [2.75, 3.05) is 18.2 Å². The molecule has 0 saturated carbocycles. The molecule has 0 aromatic heterocycles. The number of rotatable bonds is 2. The largest absolute Gasteiger partial charge is 0.497 e. The molecule has 1 unspecified atom stereocenters. The zero-order valence-electron chi connectivity index (χ0n) is 9.16. The summed E-state index contributed by atoms with van der Waals surface area (Å²) in [5, 5.41) is 4.27. The molecular weight excluding hydrogens is 288 g/mol. The quantitative estimate of drug-likeness (QED) is 0.909.